The fraction of sp³-hybridized carbons (Fsp3) is 0.310. The average molecular weight is 509 g/mol. The van der Waals surface area contributed by atoms with Crippen LogP contribution in [0.4, 0.5) is 0 Å². The van der Waals surface area contributed by atoms with Crippen molar-refractivity contribution in [1.29, 1.82) is 0 Å². The number of carbonyl (C=O) groups excluding carboxylic acids is 2. The van der Waals surface area contributed by atoms with Crippen molar-refractivity contribution in [2.45, 2.75) is 38.8 Å². The third kappa shape index (κ3) is 8.02. The van der Waals surface area contributed by atoms with Crippen molar-refractivity contribution in [3.05, 3.63) is 95.0 Å². The monoisotopic (exact) mass is 508 g/mol. The summed E-state index contributed by atoms with van der Waals surface area (Å²) < 4.78 is 11.2. The Morgan fingerprint density at radius 2 is 1.58 bits per heavy atom. The lowest BCUT2D eigenvalue weighted by Gasteiger charge is -2.31. The molecular formula is C29H33ClN2O4. The molecule has 0 radical (unpaired) electrons. The Bertz CT molecular complexity index is 1110. The predicted octanol–water partition coefficient (Wildman–Crippen LogP) is 5.28. The first-order valence-corrected chi connectivity index (χ1v) is 12.5. The van der Waals surface area contributed by atoms with E-state index in [2.05, 4.69) is 12.2 Å². The summed E-state index contributed by atoms with van der Waals surface area (Å²) in [6, 6.07) is 23.4. The maximum Gasteiger partial charge on any atom is 0.261 e. The van der Waals surface area contributed by atoms with Gasteiger partial charge in [0.1, 0.15) is 6.04 Å². The molecule has 3 aromatic rings. The van der Waals surface area contributed by atoms with Crippen molar-refractivity contribution >= 4 is 23.4 Å². The topological polar surface area (TPSA) is 67.9 Å². The number of para-hydroxylation sites is 2. The van der Waals surface area contributed by atoms with E-state index in [1.807, 2.05) is 54.6 Å². The molecule has 0 aliphatic rings. The van der Waals surface area contributed by atoms with E-state index in [1.165, 1.54) is 0 Å². The number of hydrogen-bond donors (Lipinski definition) is 1. The number of nitrogens with one attached hydrogen (secondary N) is 1. The quantitative estimate of drug-likeness (QED) is 0.319. The molecule has 0 spiro atoms. The van der Waals surface area contributed by atoms with Gasteiger partial charge in [-0.2, -0.15) is 0 Å². The molecule has 0 bridgehead atoms. The zero-order valence-corrected chi connectivity index (χ0v) is 21.5. The second-order valence-corrected chi connectivity index (χ2v) is 8.87. The minimum absolute atomic E-state index is 0.188. The highest BCUT2D eigenvalue weighted by Gasteiger charge is 2.30. The Morgan fingerprint density at radius 3 is 2.25 bits per heavy atom. The molecule has 3 rings (SSSR count). The molecule has 36 heavy (non-hydrogen) atoms. The van der Waals surface area contributed by atoms with Crippen LogP contribution in [-0.2, 0) is 22.6 Å². The van der Waals surface area contributed by atoms with Gasteiger partial charge in [-0.3, -0.25) is 9.59 Å². The van der Waals surface area contributed by atoms with Crippen molar-refractivity contribution in [2.24, 2.45) is 0 Å². The fourth-order valence-corrected chi connectivity index (χ4v) is 3.93. The maximum absolute atomic E-state index is 13.6. The molecule has 190 valence electrons. The minimum Gasteiger partial charge on any atom is -0.493 e. The van der Waals surface area contributed by atoms with Gasteiger partial charge in [0.15, 0.2) is 18.1 Å². The third-order valence-corrected chi connectivity index (χ3v) is 6.04. The van der Waals surface area contributed by atoms with Gasteiger partial charge in [0.05, 0.1) is 7.11 Å². The number of rotatable bonds is 13. The van der Waals surface area contributed by atoms with E-state index < -0.39 is 6.04 Å². The molecule has 0 saturated heterocycles. The summed E-state index contributed by atoms with van der Waals surface area (Å²) in [6.07, 6.45) is 2.21. The highest BCUT2D eigenvalue weighted by atomic mass is 35.5. The molecule has 1 N–H and O–H groups in total. The summed E-state index contributed by atoms with van der Waals surface area (Å²) in [5.41, 5.74) is 1.83. The first-order valence-electron chi connectivity index (χ1n) is 12.1. The molecule has 1 atom stereocenters. The second kappa shape index (κ2) is 14.1. The zero-order chi connectivity index (χ0) is 25.8. The maximum atomic E-state index is 13.6. The van der Waals surface area contributed by atoms with Crippen LogP contribution in [0, 0.1) is 0 Å². The molecule has 0 aliphatic carbocycles. The van der Waals surface area contributed by atoms with Crippen LogP contribution in [0.15, 0.2) is 78.9 Å². The normalized spacial score (nSPS) is 11.4. The molecule has 0 aromatic heterocycles. The number of hydrogen-bond acceptors (Lipinski definition) is 4. The van der Waals surface area contributed by atoms with Crippen molar-refractivity contribution in [3.8, 4) is 11.5 Å². The van der Waals surface area contributed by atoms with Crippen LogP contribution >= 0.6 is 11.6 Å². The van der Waals surface area contributed by atoms with Gasteiger partial charge in [0, 0.05) is 24.5 Å². The Kier molecular flexibility index (Phi) is 10.6. The number of nitrogens with zero attached hydrogens (tertiary/aromatic N) is 1. The summed E-state index contributed by atoms with van der Waals surface area (Å²) in [5.74, 6) is 0.508. The van der Waals surface area contributed by atoms with Crippen LogP contribution in [0.3, 0.4) is 0 Å². The Balaban J connectivity index is 1.89. The van der Waals surface area contributed by atoms with E-state index in [-0.39, 0.29) is 25.0 Å². The lowest BCUT2D eigenvalue weighted by Crippen LogP contribution is -2.51. The van der Waals surface area contributed by atoms with Crippen molar-refractivity contribution < 1.29 is 19.1 Å². The van der Waals surface area contributed by atoms with Crippen molar-refractivity contribution in [3.63, 3.8) is 0 Å². The van der Waals surface area contributed by atoms with E-state index >= 15 is 0 Å². The van der Waals surface area contributed by atoms with Gasteiger partial charge in [-0.05, 0) is 41.8 Å². The minimum atomic E-state index is -0.714. The van der Waals surface area contributed by atoms with E-state index in [0.717, 1.165) is 24.0 Å². The number of methoxy groups -OCH3 is 1. The smallest absolute Gasteiger partial charge is 0.261 e. The lowest BCUT2D eigenvalue weighted by atomic mass is 10.0. The molecule has 0 saturated carbocycles. The van der Waals surface area contributed by atoms with Gasteiger partial charge < -0.3 is 19.7 Å². The summed E-state index contributed by atoms with van der Waals surface area (Å²) >= 11 is 6.07. The molecule has 6 nitrogen and oxygen atoms in total. The van der Waals surface area contributed by atoms with E-state index in [1.54, 1.807) is 36.3 Å². The number of benzene rings is 3. The van der Waals surface area contributed by atoms with Gasteiger partial charge in [0.2, 0.25) is 5.91 Å². The van der Waals surface area contributed by atoms with Crippen LogP contribution in [0.2, 0.25) is 5.02 Å². The van der Waals surface area contributed by atoms with Gasteiger partial charge in [-0.15, -0.1) is 0 Å². The fourth-order valence-electron chi connectivity index (χ4n) is 3.81. The third-order valence-electron chi connectivity index (χ3n) is 5.79. The largest absolute Gasteiger partial charge is 0.493 e. The number of unbranched alkanes of at least 4 members (excludes halogenated alkanes) is 1. The van der Waals surface area contributed by atoms with Crippen LogP contribution < -0.4 is 14.8 Å². The molecule has 0 fully saturated rings. The second-order valence-electron chi connectivity index (χ2n) is 8.44. The Hall–Kier alpha value is -3.51. The molecule has 3 aromatic carbocycles. The number of halogens is 1. The Morgan fingerprint density at radius 1 is 0.917 bits per heavy atom. The first-order chi connectivity index (χ1) is 17.5. The van der Waals surface area contributed by atoms with Crippen LogP contribution in [0.5, 0.6) is 11.5 Å². The van der Waals surface area contributed by atoms with Gasteiger partial charge in [-0.1, -0.05) is 79.5 Å². The summed E-state index contributed by atoms with van der Waals surface area (Å²) in [4.78, 5) is 28.6. The molecular weight excluding hydrogens is 476 g/mol. The molecule has 0 unspecified atom stereocenters. The van der Waals surface area contributed by atoms with Crippen LogP contribution in [0.25, 0.3) is 0 Å². The van der Waals surface area contributed by atoms with Gasteiger partial charge >= 0.3 is 0 Å². The summed E-state index contributed by atoms with van der Waals surface area (Å²) in [7, 11) is 1.55. The van der Waals surface area contributed by atoms with E-state index in [0.29, 0.717) is 29.5 Å². The predicted molar refractivity (Wildman–Crippen MR) is 142 cm³/mol. The van der Waals surface area contributed by atoms with Gasteiger partial charge in [-0.25, -0.2) is 0 Å². The highest BCUT2D eigenvalue weighted by molar-refractivity contribution is 6.30. The van der Waals surface area contributed by atoms with Crippen LogP contribution in [-0.4, -0.2) is 43.0 Å². The molecule has 0 heterocycles. The van der Waals surface area contributed by atoms with Crippen molar-refractivity contribution in [1.82, 2.24) is 10.2 Å². The SMILES string of the molecule is CCCCNC(=O)[C@@H](Cc1ccccc1)N(Cc1ccc(Cl)cc1)C(=O)COc1ccccc1OC. The standard InChI is InChI=1S/C29H33ClN2O4/c1-3-4-18-31-29(34)25(19-22-10-6-5-7-11-22)32(20-23-14-16-24(30)17-15-23)28(33)21-36-27-13-9-8-12-26(27)35-2/h5-17,25H,3-4,18-21H2,1-2H3,(H,31,34)/t25-/m1/s1. The van der Waals surface area contributed by atoms with E-state index in [9.17, 15) is 9.59 Å². The van der Waals surface area contributed by atoms with Crippen LogP contribution in [0.1, 0.15) is 30.9 Å². The average Bonchev–Trinajstić information content (AvgIpc) is 2.91. The molecule has 0 aliphatic heterocycles. The number of amides is 2. The molecule has 7 heteroatoms. The molecule has 2 amide bonds. The summed E-state index contributed by atoms with van der Waals surface area (Å²) in [5, 5.41) is 3.62. The summed E-state index contributed by atoms with van der Waals surface area (Å²) in [6.45, 7) is 2.63. The van der Waals surface area contributed by atoms with Crippen molar-refractivity contribution in [2.75, 3.05) is 20.3 Å². The number of ether oxygens (including phenoxy) is 2. The Labute approximate surface area is 218 Å². The first kappa shape index (κ1) is 27.1. The lowest BCUT2D eigenvalue weighted by molar-refractivity contribution is -0.142. The number of carbonyl (C=O) groups is 2. The van der Waals surface area contributed by atoms with Gasteiger partial charge in [0.25, 0.3) is 5.91 Å². The highest BCUT2D eigenvalue weighted by Crippen LogP contribution is 2.26. The van der Waals surface area contributed by atoms with E-state index in [4.69, 9.17) is 21.1 Å². The zero-order valence-electron chi connectivity index (χ0n) is 20.8.